The summed E-state index contributed by atoms with van der Waals surface area (Å²) in [6.07, 6.45) is 6.37. The van der Waals surface area contributed by atoms with E-state index in [1.807, 2.05) is 50.7 Å². The van der Waals surface area contributed by atoms with E-state index in [0.29, 0.717) is 40.0 Å². The SMILES string of the molecule is C=C(C)Nc1nc2c(ncn2C(C)C)c(=O)[nH]1.CC(=O)Nc1ccn(C(C)C)c(=O)n1.CC(=O)Nc1ncnc2c1ncn2C(C)C. The number of aromatic amines is 1. The molecule has 17 heteroatoms. The van der Waals surface area contributed by atoms with Crippen LogP contribution in [-0.2, 0) is 9.59 Å². The van der Waals surface area contributed by atoms with Crippen LogP contribution in [0.15, 0.2) is 53.1 Å². The number of hydrogen-bond acceptors (Lipinski definition) is 11. The molecule has 47 heavy (non-hydrogen) atoms. The van der Waals surface area contributed by atoms with Gasteiger partial charge in [-0.15, -0.1) is 0 Å². The van der Waals surface area contributed by atoms with Crippen molar-refractivity contribution in [2.24, 2.45) is 0 Å². The van der Waals surface area contributed by atoms with Crippen LogP contribution >= 0.6 is 0 Å². The predicted molar refractivity (Wildman–Crippen MR) is 180 cm³/mol. The standard InChI is InChI=1S/C11H15N5O.C10H13N5O.C9H13N3O2/c1-6(2)13-11-14-9-8(10(17)15-11)12-5-16(9)7(3)4;1-6(2)15-5-13-8-9(14-7(3)16)11-4-12-10(8)15;1-6(2)12-5-4-8(10-7(3)13)11-9(12)14/h5,7H,1H2,2-4H3,(H2,13,14,15,17);4-6H,1-3H3,(H,11,12,14,16);4-6H,1-3H3,(H,10,11,13,14). The number of carbonyl (C=O) groups is 2. The fourth-order valence-electron chi connectivity index (χ4n) is 4.11. The Morgan fingerprint density at radius 3 is 1.85 bits per heavy atom. The van der Waals surface area contributed by atoms with E-state index in [1.165, 1.54) is 24.7 Å². The Hall–Kier alpha value is -5.74. The molecular weight excluding hydrogens is 606 g/mol. The normalized spacial score (nSPS) is 10.8. The molecular formula is C30H41N13O4. The van der Waals surface area contributed by atoms with Gasteiger partial charge in [-0.3, -0.25) is 23.9 Å². The molecule has 0 aliphatic heterocycles. The lowest BCUT2D eigenvalue weighted by Gasteiger charge is -2.08. The molecule has 2 amide bonds. The number of aromatic nitrogens is 10. The number of rotatable bonds is 7. The average molecular weight is 648 g/mol. The maximum atomic E-state index is 11.8. The Morgan fingerprint density at radius 2 is 1.32 bits per heavy atom. The summed E-state index contributed by atoms with van der Waals surface area (Å²) in [6, 6.07) is 2.14. The smallest absolute Gasteiger partial charge is 0.330 e. The molecule has 0 aliphatic rings. The molecule has 0 aliphatic carbocycles. The van der Waals surface area contributed by atoms with Crippen molar-refractivity contribution in [2.45, 2.75) is 80.4 Å². The first-order valence-electron chi connectivity index (χ1n) is 14.8. The zero-order chi connectivity index (χ0) is 35.0. The molecule has 0 aromatic carbocycles. The molecule has 5 heterocycles. The van der Waals surface area contributed by atoms with E-state index >= 15 is 0 Å². The van der Waals surface area contributed by atoms with Crippen LogP contribution in [-0.4, -0.2) is 60.4 Å². The number of nitrogens with one attached hydrogen (secondary N) is 4. The molecule has 0 saturated carbocycles. The van der Waals surface area contributed by atoms with Gasteiger partial charge in [0.15, 0.2) is 28.1 Å². The maximum absolute atomic E-state index is 11.8. The van der Waals surface area contributed by atoms with E-state index in [1.54, 1.807) is 31.8 Å². The molecule has 250 valence electrons. The zero-order valence-electron chi connectivity index (χ0n) is 28.0. The third-order valence-electron chi connectivity index (χ3n) is 6.22. The van der Waals surface area contributed by atoms with Crippen molar-refractivity contribution in [2.75, 3.05) is 16.0 Å². The number of fused-ring (bicyclic) bond motifs is 2. The van der Waals surface area contributed by atoms with Crippen molar-refractivity contribution in [1.82, 2.24) is 48.6 Å². The van der Waals surface area contributed by atoms with Gasteiger partial charge in [-0.2, -0.15) is 9.97 Å². The Kier molecular flexibility index (Phi) is 11.8. The van der Waals surface area contributed by atoms with Crippen LogP contribution in [0, 0.1) is 0 Å². The minimum atomic E-state index is -0.355. The van der Waals surface area contributed by atoms with Crippen molar-refractivity contribution in [3.8, 4) is 0 Å². The van der Waals surface area contributed by atoms with Gasteiger partial charge < -0.3 is 25.1 Å². The van der Waals surface area contributed by atoms with Crippen LogP contribution in [0.3, 0.4) is 0 Å². The zero-order valence-corrected chi connectivity index (χ0v) is 28.0. The fourth-order valence-corrected chi connectivity index (χ4v) is 4.11. The highest BCUT2D eigenvalue weighted by Gasteiger charge is 2.13. The van der Waals surface area contributed by atoms with Gasteiger partial charge in [0.25, 0.3) is 5.56 Å². The van der Waals surface area contributed by atoms with Gasteiger partial charge in [0.05, 0.1) is 12.7 Å². The molecule has 0 spiro atoms. The van der Waals surface area contributed by atoms with Gasteiger partial charge in [0.2, 0.25) is 17.8 Å². The van der Waals surface area contributed by atoms with Crippen LogP contribution in [0.25, 0.3) is 22.3 Å². The first-order valence-corrected chi connectivity index (χ1v) is 14.8. The quantitative estimate of drug-likeness (QED) is 0.199. The highest BCUT2D eigenvalue weighted by Crippen LogP contribution is 2.20. The van der Waals surface area contributed by atoms with Crippen LogP contribution < -0.4 is 27.2 Å². The van der Waals surface area contributed by atoms with E-state index in [2.05, 4.69) is 57.4 Å². The molecule has 0 unspecified atom stereocenters. The second-order valence-corrected chi connectivity index (χ2v) is 11.3. The summed E-state index contributed by atoms with van der Waals surface area (Å²) in [5, 5.41) is 7.97. The average Bonchev–Trinajstić information content (AvgIpc) is 3.58. The van der Waals surface area contributed by atoms with E-state index in [4.69, 9.17) is 0 Å². The number of allylic oxidation sites excluding steroid dienone is 1. The molecule has 0 bridgehead atoms. The summed E-state index contributed by atoms with van der Waals surface area (Å²) in [5.41, 5.74) is 2.38. The Morgan fingerprint density at radius 1 is 0.745 bits per heavy atom. The molecule has 4 N–H and O–H groups in total. The first kappa shape index (κ1) is 35.7. The number of anilines is 3. The van der Waals surface area contributed by atoms with E-state index in [9.17, 15) is 19.2 Å². The third kappa shape index (κ3) is 9.38. The van der Waals surface area contributed by atoms with Crippen molar-refractivity contribution < 1.29 is 9.59 Å². The molecule has 0 radical (unpaired) electrons. The van der Waals surface area contributed by atoms with E-state index < -0.39 is 0 Å². The van der Waals surface area contributed by atoms with E-state index in [-0.39, 0.29) is 41.2 Å². The number of carbonyl (C=O) groups excluding carboxylic acids is 2. The van der Waals surface area contributed by atoms with Crippen molar-refractivity contribution in [3.63, 3.8) is 0 Å². The Labute approximate surface area is 270 Å². The topological polar surface area (TPSA) is 212 Å². The predicted octanol–water partition coefficient (Wildman–Crippen LogP) is 3.79. The van der Waals surface area contributed by atoms with E-state index in [0.717, 1.165) is 5.65 Å². The van der Waals surface area contributed by atoms with Crippen LogP contribution in [0.5, 0.6) is 0 Å². The summed E-state index contributed by atoms with van der Waals surface area (Å²) >= 11 is 0. The van der Waals surface area contributed by atoms with Crippen LogP contribution in [0.4, 0.5) is 17.6 Å². The highest BCUT2D eigenvalue weighted by molar-refractivity contribution is 5.95. The van der Waals surface area contributed by atoms with Gasteiger partial charge in [0, 0.05) is 43.9 Å². The number of H-pyrrole nitrogens is 1. The van der Waals surface area contributed by atoms with Crippen LogP contribution in [0.2, 0.25) is 0 Å². The Balaban J connectivity index is 0.000000193. The lowest BCUT2D eigenvalue weighted by molar-refractivity contribution is -0.115. The maximum Gasteiger partial charge on any atom is 0.349 e. The summed E-state index contributed by atoms with van der Waals surface area (Å²) in [7, 11) is 0. The molecule has 17 nitrogen and oxygen atoms in total. The summed E-state index contributed by atoms with van der Waals surface area (Å²) in [4.78, 5) is 71.9. The minimum absolute atomic E-state index is 0.0707. The summed E-state index contributed by atoms with van der Waals surface area (Å²) in [5.74, 6) is 0.729. The minimum Gasteiger partial charge on any atom is -0.330 e. The summed E-state index contributed by atoms with van der Waals surface area (Å²) < 4.78 is 5.28. The molecule has 5 aromatic rings. The lowest BCUT2D eigenvalue weighted by atomic mass is 10.4. The van der Waals surface area contributed by atoms with Gasteiger partial charge in [-0.25, -0.2) is 24.7 Å². The van der Waals surface area contributed by atoms with Gasteiger partial charge in [-0.05, 0) is 54.5 Å². The summed E-state index contributed by atoms with van der Waals surface area (Å²) in [6.45, 7) is 20.2. The first-order chi connectivity index (χ1) is 22.1. The number of hydrogen-bond donors (Lipinski definition) is 4. The molecule has 0 saturated heterocycles. The molecule has 0 fully saturated rings. The van der Waals surface area contributed by atoms with Gasteiger partial charge >= 0.3 is 5.69 Å². The lowest BCUT2D eigenvalue weighted by Crippen LogP contribution is -2.25. The molecule has 5 aromatic heterocycles. The van der Waals surface area contributed by atoms with Gasteiger partial charge in [0.1, 0.15) is 12.1 Å². The van der Waals surface area contributed by atoms with Crippen LogP contribution in [0.1, 0.15) is 80.4 Å². The van der Waals surface area contributed by atoms with Crippen molar-refractivity contribution >= 4 is 51.7 Å². The van der Waals surface area contributed by atoms with Crippen molar-refractivity contribution in [1.29, 1.82) is 0 Å². The number of nitrogens with zero attached hydrogens (tertiary/aromatic N) is 9. The largest absolute Gasteiger partial charge is 0.349 e. The third-order valence-corrected chi connectivity index (χ3v) is 6.22. The monoisotopic (exact) mass is 647 g/mol. The molecule has 5 rings (SSSR count). The molecule has 0 atom stereocenters. The second kappa shape index (κ2) is 15.5. The second-order valence-electron chi connectivity index (χ2n) is 11.3. The highest BCUT2D eigenvalue weighted by atomic mass is 16.2. The fraction of sp³-hybridized carbons (Fsp3) is 0.400. The van der Waals surface area contributed by atoms with Crippen molar-refractivity contribution in [3.05, 3.63) is 64.4 Å². The Bertz CT molecular complexity index is 2000. The van der Waals surface area contributed by atoms with Gasteiger partial charge in [-0.1, -0.05) is 6.58 Å². The number of imidazole rings is 2. The number of amides is 2.